The van der Waals surface area contributed by atoms with E-state index in [0.717, 1.165) is 27.7 Å². The van der Waals surface area contributed by atoms with Gasteiger partial charge in [-0.25, -0.2) is 24.9 Å². The Morgan fingerprint density at radius 3 is 2.24 bits per heavy atom. The molecule has 0 fully saturated rings. The van der Waals surface area contributed by atoms with E-state index in [9.17, 15) is 5.26 Å². The standard InChI is InChI=1S/C15H10N4.C12H11N7/c16-8-12-6-11(10-4-2-1-3-5-10)7-13-14(12)18-9-19-15(13)17;13-11-8-5-7(1-2-9(8)16-6-17-11)18-10-3-4-15-12(14)19-10/h1-7,9H,(H2,17,18,19);1-6H,(H2,13,16,17)(H3,14,15,18,19). The van der Waals surface area contributed by atoms with Gasteiger partial charge in [-0.2, -0.15) is 10.2 Å². The fraction of sp³-hybridized carbons (Fsp3) is 0. The molecule has 0 bridgehead atoms. The monoisotopic (exact) mass is 499 g/mol. The third-order valence-electron chi connectivity index (χ3n) is 5.61. The van der Waals surface area contributed by atoms with Gasteiger partial charge < -0.3 is 22.5 Å². The van der Waals surface area contributed by atoms with Gasteiger partial charge in [0.15, 0.2) is 0 Å². The molecular formula is C27H21N11. The Labute approximate surface area is 217 Å². The first-order valence-electron chi connectivity index (χ1n) is 11.4. The predicted octanol–water partition coefficient (Wildman–Crippen LogP) is 4.08. The molecule has 0 aliphatic carbocycles. The second-order valence-electron chi connectivity index (χ2n) is 8.07. The number of hydrogen-bond donors (Lipinski definition) is 4. The molecular weight excluding hydrogens is 478 g/mol. The van der Waals surface area contributed by atoms with E-state index in [1.165, 1.54) is 12.7 Å². The number of benzene rings is 3. The molecule has 0 atom stereocenters. The van der Waals surface area contributed by atoms with E-state index in [1.54, 1.807) is 12.3 Å². The summed E-state index contributed by atoms with van der Waals surface area (Å²) >= 11 is 0. The summed E-state index contributed by atoms with van der Waals surface area (Å²) in [6, 6.07) is 23.1. The second-order valence-corrected chi connectivity index (χ2v) is 8.07. The predicted molar refractivity (Wildman–Crippen MR) is 148 cm³/mol. The Balaban J connectivity index is 0.000000155. The maximum atomic E-state index is 9.25. The SMILES string of the molecule is N#Cc1cc(-c2ccccc2)cc2c(N)ncnc12.Nc1nccc(Nc2ccc3ncnc(N)c3c2)n1. The molecule has 6 rings (SSSR count). The summed E-state index contributed by atoms with van der Waals surface area (Å²) in [6.07, 6.45) is 4.40. The molecule has 0 aliphatic heterocycles. The number of anilines is 5. The number of nitrogens with one attached hydrogen (secondary N) is 1. The molecule has 6 aromatic rings. The van der Waals surface area contributed by atoms with Crippen molar-refractivity contribution in [2.45, 2.75) is 0 Å². The molecule has 38 heavy (non-hydrogen) atoms. The number of rotatable bonds is 3. The molecule has 0 radical (unpaired) electrons. The Morgan fingerprint density at radius 1 is 0.711 bits per heavy atom. The molecule has 184 valence electrons. The van der Waals surface area contributed by atoms with Crippen LogP contribution in [0.1, 0.15) is 5.56 Å². The lowest BCUT2D eigenvalue weighted by molar-refractivity contribution is 1.18. The van der Waals surface area contributed by atoms with Crippen molar-refractivity contribution in [1.82, 2.24) is 29.9 Å². The Hall–Kier alpha value is -5.89. The van der Waals surface area contributed by atoms with Crippen LogP contribution >= 0.6 is 0 Å². The maximum Gasteiger partial charge on any atom is 0.221 e. The molecule has 3 aromatic heterocycles. The smallest absolute Gasteiger partial charge is 0.221 e. The molecule has 0 unspecified atom stereocenters. The summed E-state index contributed by atoms with van der Waals surface area (Å²) in [7, 11) is 0. The van der Waals surface area contributed by atoms with Gasteiger partial charge in [0.05, 0.1) is 16.6 Å². The zero-order valence-corrected chi connectivity index (χ0v) is 19.9. The molecule has 0 saturated carbocycles. The number of nitriles is 1. The fourth-order valence-corrected chi connectivity index (χ4v) is 3.82. The molecule has 0 saturated heterocycles. The van der Waals surface area contributed by atoms with E-state index in [1.807, 2.05) is 60.7 Å². The average molecular weight is 500 g/mol. The van der Waals surface area contributed by atoms with Gasteiger partial charge in [0.1, 0.15) is 36.2 Å². The first-order chi connectivity index (χ1) is 18.5. The number of nitrogen functional groups attached to an aromatic ring is 3. The molecule has 0 amide bonds. The summed E-state index contributed by atoms with van der Waals surface area (Å²) in [6.45, 7) is 0. The van der Waals surface area contributed by atoms with E-state index < -0.39 is 0 Å². The minimum absolute atomic E-state index is 0.216. The van der Waals surface area contributed by atoms with Crippen LogP contribution in [0.2, 0.25) is 0 Å². The Bertz CT molecular complexity index is 1800. The molecule has 0 aliphatic rings. The van der Waals surface area contributed by atoms with Crippen LogP contribution in [0.4, 0.5) is 29.1 Å². The van der Waals surface area contributed by atoms with Crippen LogP contribution in [0, 0.1) is 11.3 Å². The summed E-state index contributed by atoms with van der Waals surface area (Å²) in [5, 5.41) is 13.9. The quantitative estimate of drug-likeness (QED) is 0.274. The molecule has 0 spiro atoms. The van der Waals surface area contributed by atoms with Crippen LogP contribution < -0.4 is 22.5 Å². The van der Waals surface area contributed by atoms with Crippen molar-refractivity contribution >= 4 is 50.9 Å². The average Bonchev–Trinajstić information content (AvgIpc) is 2.94. The van der Waals surface area contributed by atoms with Crippen LogP contribution in [0.15, 0.2) is 85.6 Å². The lowest BCUT2D eigenvalue weighted by Gasteiger charge is -2.07. The van der Waals surface area contributed by atoms with E-state index in [-0.39, 0.29) is 5.95 Å². The number of nitrogens with two attached hydrogens (primary N) is 3. The number of aromatic nitrogens is 6. The highest BCUT2D eigenvalue weighted by atomic mass is 15.1. The normalized spacial score (nSPS) is 10.4. The van der Waals surface area contributed by atoms with E-state index in [0.29, 0.717) is 33.9 Å². The first-order valence-corrected chi connectivity index (χ1v) is 11.4. The van der Waals surface area contributed by atoms with Gasteiger partial charge in [0.2, 0.25) is 5.95 Å². The zero-order valence-electron chi connectivity index (χ0n) is 19.9. The van der Waals surface area contributed by atoms with Crippen molar-refractivity contribution in [2.24, 2.45) is 0 Å². The first kappa shape index (κ1) is 23.8. The maximum absolute atomic E-state index is 9.25. The molecule has 11 heteroatoms. The summed E-state index contributed by atoms with van der Waals surface area (Å²) in [4.78, 5) is 24.1. The lowest BCUT2D eigenvalue weighted by atomic mass is 10.0. The van der Waals surface area contributed by atoms with Crippen LogP contribution in [0.5, 0.6) is 0 Å². The van der Waals surface area contributed by atoms with Gasteiger partial charge >= 0.3 is 0 Å². The van der Waals surface area contributed by atoms with Crippen LogP contribution in [-0.4, -0.2) is 29.9 Å². The summed E-state index contributed by atoms with van der Waals surface area (Å²) in [5.74, 6) is 1.66. The summed E-state index contributed by atoms with van der Waals surface area (Å²) in [5.41, 5.74) is 21.9. The third kappa shape index (κ3) is 5.05. The van der Waals surface area contributed by atoms with Crippen LogP contribution in [0.25, 0.3) is 32.9 Å². The molecule has 3 aromatic carbocycles. The highest BCUT2D eigenvalue weighted by molar-refractivity contribution is 5.95. The van der Waals surface area contributed by atoms with Crippen molar-refractivity contribution in [1.29, 1.82) is 5.26 Å². The van der Waals surface area contributed by atoms with E-state index in [4.69, 9.17) is 17.2 Å². The van der Waals surface area contributed by atoms with Gasteiger partial charge in [-0.3, -0.25) is 0 Å². The minimum atomic E-state index is 0.216. The van der Waals surface area contributed by atoms with Gasteiger partial charge in [-0.1, -0.05) is 30.3 Å². The number of fused-ring (bicyclic) bond motifs is 2. The van der Waals surface area contributed by atoms with Gasteiger partial charge in [-0.05, 0) is 47.5 Å². The molecule has 7 N–H and O–H groups in total. The van der Waals surface area contributed by atoms with Crippen molar-refractivity contribution in [3.63, 3.8) is 0 Å². The second kappa shape index (κ2) is 10.4. The van der Waals surface area contributed by atoms with Crippen molar-refractivity contribution in [3.05, 3.63) is 91.1 Å². The summed E-state index contributed by atoms with van der Waals surface area (Å²) < 4.78 is 0. The Morgan fingerprint density at radius 2 is 1.47 bits per heavy atom. The third-order valence-corrected chi connectivity index (χ3v) is 5.61. The van der Waals surface area contributed by atoms with Crippen molar-refractivity contribution in [2.75, 3.05) is 22.5 Å². The van der Waals surface area contributed by atoms with Crippen LogP contribution in [-0.2, 0) is 0 Å². The largest absolute Gasteiger partial charge is 0.383 e. The number of nitrogens with zero attached hydrogens (tertiary/aromatic N) is 7. The van der Waals surface area contributed by atoms with Gasteiger partial charge in [0, 0.05) is 22.7 Å². The van der Waals surface area contributed by atoms with Gasteiger partial charge in [-0.15, -0.1) is 0 Å². The van der Waals surface area contributed by atoms with Gasteiger partial charge in [0.25, 0.3) is 0 Å². The molecule has 3 heterocycles. The van der Waals surface area contributed by atoms with Crippen molar-refractivity contribution in [3.8, 4) is 17.2 Å². The minimum Gasteiger partial charge on any atom is -0.383 e. The number of hydrogen-bond acceptors (Lipinski definition) is 11. The topological polar surface area (TPSA) is 191 Å². The highest BCUT2D eigenvalue weighted by Crippen LogP contribution is 2.28. The molecule has 11 nitrogen and oxygen atoms in total. The lowest BCUT2D eigenvalue weighted by Crippen LogP contribution is -1.99. The Kier molecular flexibility index (Phi) is 6.51. The zero-order chi connectivity index (χ0) is 26.5. The fourth-order valence-electron chi connectivity index (χ4n) is 3.82. The van der Waals surface area contributed by atoms with E-state index >= 15 is 0 Å². The van der Waals surface area contributed by atoms with Crippen molar-refractivity contribution < 1.29 is 0 Å². The van der Waals surface area contributed by atoms with E-state index in [2.05, 4.69) is 41.3 Å². The highest BCUT2D eigenvalue weighted by Gasteiger charge is 2.09. The van der Waals surface area contributed by atoms with Crippen LogP contribution in [0.3, 0.4) is 0 Å².